The molecule has 1 aliphatic rings. The standard InChI is InChI=1S/C27H30N2O6S/c1-33-21-13-11-20(12-14-21)29(36(31,32)22-15-16-25(34-2)26(17-22)35-3)18-27(30)28-24-10-6-8-19-7-4-5-9-23(19)24/h4-5,7,9,11-17,24H,6,8,10,18H2,1-3H3,(H,28,30)/t24-/m1/s1. The molecule has 0 radical (unpaired) electrons. The Morgan fingerprint density at radius 2 is 1.67 bits per heavy atom. The zero-order valence-corrected chi connectivity index (χ0v) is 21.4. The van der Waals surface area contributed by atoms with Crippen molar-refractivity contribution in [2.75, 3.05) is 32.2 Å². The summed E-state index contributed by atoms with van der Waals surface area (Å²) in [5.41, 5.74) is 2.62. The summed E-state index contributed by atoms with van der Waals surface area (Å²) >= 11 is 0. The minimum Gasteiger partial charge on any atom is -0.497 e. The van der Waals surface area contributed by atoms with E-state index < -0.39 is 15.9 Å². The van der Waals surface area contributed by atoms with Crippen LogP contribution in [0.1, 0.15) is 30.0 Å². The number of benzene rings is 3. The largest absolute Gasteiger partial charge is 0.497 e. The molecular weight excluding hydrogens is 480 g/mol. The summed E-state index contributed by atoms with van der Waals surface area (Å²) < 4.78 is 44.4. The highest BCUT2D eigenvalue weighted by atomic mass is 32.2. The summed E-state index contributed by atoms with van der Waals surface area (Å²) in [6.07, 6.45) is 2.72. The Hall–Kier alpha value is -3.72. The van der Waals surface area contributed by atoms with Crippen LogP contribution in [0.3, 0.4) is 0 Å². The van der Waals surface area contributed by atoms with Crippen LogP contribution < -0.4 is 23.8 Å². The summed E-state index contributed by atoms with van der Waals surface area (Å²) in [7, 11) is 0.310. The van der Waals surface area contributed by atoms with Gasteiger partial charge in [-0.25, -0.2) is 8.42 Å². The second-order valence-electron chi connectivity index (χ2n) is 8.44. The summed E-state index contributed by atoms with van der Waals surface area (Å²) in [5.74, 6) is 0.861. The topological polar surface area (TPSA) is 94.2 Å². The van der Waals surface area contributed by atoms with Crippen molar-refractivity contribution < 1.29 is 27.4 Å². The first-order chi connectivity index (χ1) is 17.4. The molecule has 36 heavy (non-hydrogen) atoms. The number of hydrogen-bond donors (Lipinski definition) is 1. The number of ether oxygens (including phenoxy) is 3. The number of rotatable bonds is 9. The van der Waals surface area contributed by atoms with E-state index >= 15 is 0 Å². The third-order valence-corrected chi connectivity index (χ3v) is 8.07. The lowest BCUT2D eigenvalue weighted by Crippen LogP contribution is -2.42. The second kappa shape index (κ2) is 10.9. The first kappa shape index (κ1) is 25.4. The van der Waals surface area contributed by atoms with Gasteiger partial charge in [-0.1, -0.05) is 24.3 Å². The van der Waals surface area contributed by atoms with Crippen molar-refractivity contribution in [3.8, 4) is 17.2 Å². The molecule has 190 valence electrons. The van der Waals surface area contributed by atoms with Crippen LogP contribution in [0.2, 0.25) is 0 Å². The highest BCUT2D eigenvalue weighted by molar-refractivity contribution is 7.92. The number of aryl methyl sites for hydroxylation is 1. The zero-order chi connectivity index (χ0) is 25.7. The highest BCUT2D eigenvalue weighted by Crippen LogP contribution is 2.33. The number of anilines is 1. The minimum atomic E-state index is -4.13. The Labute approximate surface area is 211 Å². The van der Waals surface area contributed by atoms with Crippen molar-refractivity contribution in [2.45, 2.75) is 30.2 Å². The smallest absolute Gasteiger partial charge is 0.264 e. The number of nitrogens with one attached hydrogen (secondary N) is 1. The fraction of sp³-hybridized carbons (Fsp3) is 0.296. The van der Waals surface area contributed by atoms with Gasteiger partial charge in [0.2, 0.25) is 5.91 Å². The van der Waals surface area contributed by atoms with E-state index in [0.717, 1.165) is 29.1 Å². The maximum absolute atomic E-state index is 13.8. The van der Waals surface area contributed by atoms with Crippen molar-refractivity contribution >= 4 is 21.6 Å². The van der Waals surface area contributed by atoms with Gasteiger partial charge >= 0.3 is 0 Å². The number of fused-ring (bicyclic) bond motifs is 1. The first-order valence-electron chi connectivity index (χ1n) is 11.6. The SMILES string of the molecule is COc1ccc(N(CC(=O)N[C@@H]2CCCc3ccccc32)S(=O)(=O)c2ccc(OC)c(OC)c2)cc1. The van der Waals surface area contributed by atoms with Crippen molar-refractivity contribution in [1.82, 2.24) is 5.32 Å². The fourth-order valence-corrected chi connectivity index (χ4v) is 5.88. The summed E-state index contributed by atoms with van der Waals surface area (Å²) in [5, 5.41) is 3.05. The van der Waals surface area contributed by atoms with Crippen molar-refractivity contribution in [1.29, 1.82) is 0 Å². The van der Waals surface area contributed by atoms with E-state index in [1.54, 1.807) is 24.3 Å². The number of methoxy groups -OCH3 is 3. The third-order valence-electron chi connectivity index (χ3n) is 6.30. The number of carbonyl (C=O) groups is 1. The number of amides is 1. The van der Waals surface area contributed by atoms with Gasteiger partial charge in [-0.3, -0.25) is 9.10 Å². The van der Waals surface area contributed by atoms with Crippen molar-refractivity contribution in [3.05, 3.63) is 77.9 Å². The first-order valence-corrected chi connectivity index (χ1v) is 13.1. The van der Waals surface area contributed by atoms with Crippen LogP contribution in [-0.4, -0.2) is 42.2 Å². The molecule has 0 saturated carbocycles. The van der Waals surface area contributed by atoms with Crippen LogP contribution in [0.15, 0.2) is 71.6 Å². The molecule has 3 aromatic rings. The predicted molar refractivity (Wildman–Crippen MR) is 137 cm³/mol. The Morgan fingerprint density at radius 3 is 2.36 bits per heavy atom. The zero-order valence-electron chi connectivity index (χ0n) is 20.6. The molecule has 0 spiro atoms. The monoisotopic (exact) mass is 510 g/mol. The van der Waals surface area contributed by atoms with Gasteiger partial charge in [0, 0.05) is 6.07 Å². The molecule has 0 unspecified atom stereocenters. The summed E-state index contributed by atoms with van der Waals surface area (Å²) in [6.45, 7) is -0.387. The lowest BCUT2D eigenvalue weighted by Gasteiger charge is -2.29. The van der Waals surface area contributed by atoms with Gasteiger partial charge in [0.1, 0.15) is 12.3 Å². The van der Waals surface area contributed by atoms with Gasteiger partial charge < -0.3 is 19.5 Å². The molecular formula is C27H30N2O6S. The van der Waals surface area contributed by atoms with Gasteiger partial charge in [0.25, 0.3) is 10.0 Å². The average molecular weight is 511 g/mol. The lowest BCUT2D eigenvalue weighted by molar-refractivity contribution is -0.120. The van der Waals surface area contributed by atoms with Crippen molar-refractivity contribution in [3.63, 3.8) is 0 Å². The number of nitrogens with zero attached hydrogens (tertiary/aromatic N) is 1. The molecule has 1 aliphatic carbocycles. The van der Waals surface area contributed by atoms with E-state index in [2.05, 4.69) is 11.4 Å². The van der Waals surface area contributed by atoms with Crippen LogP contribution in [0, 0.1) is 0 Å². The lowest BCUT2D eigenvalue weighted by atomic mass is 9.88. The highest BCUT2D eigenvalue weighted by Gasteiger charge is 2.30. The van der Waals surface area contributed by atoms with Gasteiger partial charge in [-0.15, -0.1) is 0 Å². The molecule has 3 aromatic carbocycles. The number of carbonyl (C=O) groups excluding carboxylic acids is 1. The van der Waals surface area contributed by atoms with Crippen LogP contribution in [0.5, 0.6) is 17.2 Å². The van der Waals surface area contributed by atoms with Crippen molar-refractivity contribution in [2.24, 2.45) is 0 Å². The fourth-order valence-electron chi connectivity index (χ4n) is 4.44. The molecule has 0 saturated heterocycles. The van der Waals surface area contributed by atoms with Crippen LogP contribution in [0.25, 0.3) is 0 Å². The van der Waals surface area contributed by atoms with Gasteiger partial charge in [0.05, 0.1) is 38.0 Å². The molecule has 0 aliphatic heterocycles. The van der Waals surface area contributed by atoms with E-state index in [9.17, 15) is 13.2 Å². The van der Waals surface area contributed by atoms with Crippen LogP contribution >= 0.6 is 0 Å². The quantitative estimate of drug-likeness (QED) is 0.466. The Morgan fingerprint density at radius 1 is 0.944 bits per heavy atom. The van der Waals surface area contributed by atoms with E-state index in [1.165, 1.54) is 45.1 Å². The van der Waals surface area contributed by atoms with Crippen LogP contribution in [0.4, 0.5) is 5.69 Å². The second-order valence-corrected chi connectivity index (χ2v) is 10.3. The summed E-state index contributed by atoms with van der Waals surface area (Å²) in [6, 6.07) is 18.7. The van der Waals surface area contributed by atoms with Gasteiger partial charge in [-0.05, 0) is 66.8 Å². The molecule has 0 aromatic heterocycles. The molecule has 0 fully saturated rings. The van der Waals surface area contributed by atoms with E-state index in [1.807, 2.05) is 18.2 Å². The van der Waals surface area contributed by atoms with E-state index in [4.69, 9.17) is 14.2 Å². The summed E-state index contributed by atoms with van der Waals surface area (Å²) in [4.78, 5) is 13.2. The third kappa shape index (κ3) is 5.26. The average Bonchev–Trinajstić information content (AvgIpc) is 2.91. The molecule has 1 atom stereocenters. The minimum absolute atomic E-state index is 0.0215. The predicted octanol–water partition coefficient (Wildman–Crippen LogP) is 4.10. The number of hydrogen-bond acceptors (Lipinski definition) is 6. The maximum atomic E-state index is 13.8. The molecule has 1 N–H and O–H groups in total. The molecule has 0 heterocycles. The Kier molecular flexibility index (Phi) is 7.69. The normalized spacial score (nSPS) is 14.9. The van der Waals surface area contributed by atoms with Gasteiger partial charge in [-0.2, -0.15) is 0 Å². The van der Waals surface area contributed by atoms with E-state index in [0.29, 0.717) is 17.2 Å². The molecule has 4 rings (SSSR count). The van der Waals surface area contributed by atoms with E-state index in [-0.39, 0.29) is 23.2 Å². The molecule has 8 nitrogen and oxygen atoms in total. The molecule has 9 heteroatoms. The Bertz CT molecular complexity index is 1320. The van der Waals surface area contributed by atoms with Gasteiger partial charge in [0.15, 0.2) is 11.5 Å². The maximum Gasteiger partial charge on any atom is 0.264 e. The Balaban J connectivity index is 1.66. The molecule has 1 amide bonds. The number of sulfonamides is 1. The molecule has 0 bridgehead atoms. The van der Waals surface area contributed by atoms with Crippen LogP contribution in [-0.2, 0) is 21.2 Å².